The summed E-state index contributed by atoms with van der Waals surface area (Å²) in [4.78, 5) is 0. The molecular formula is C11H18O2. The van der Waals surface area contributed by atoms with Crippen molar-refractivity contribution in [1.82, 2.24) is 0 Å². The minimum absolute atomic E-state index is 0.146. The Kier molecular flexibility index (Phi) is 3.77. The van der Waals surface area contributed by atoms with E-state index in [9.17, 15) is 0 Å². The molecule has 13 heavy (non-hydrogen) atoms. The number of ether oxygens (including phenoxy) is 2. The highest BCUT2D eigenvalue weighted by atomic mass is 16.7. The van der Waals surface area contributed by atoms with Crippen molar-refractivity contribution < 1.29 is 9.47 Å². The molecule has 0 bridgehead atoms. The minimum Gasteiger partial charge on any atom is -0.348 e. The van der Waals surface area contributed by atoms with Gasteiger partial charge in [0.25, 0.3) is 0 Å². The van der Waals surface area contributed by atoms with Crippen molar-refractivity contribution in [2.24, 2.45) is 5.92 Å². The molecule has 1 saturated carbocycles. The van der Waals surface area contributed by atoms with Gasteiger partial charge in [-0.3, -0.25) is 0 Å². The standard InChI is InChI=1S/C9H16O2.C2H2/c1-8-2-4-9(5-3-8)10-6-7-11-9;1-2/h8H,2-7H2,1H3;1-2H. The summed E-state index contributed by atoms with van der Waals surface area (Å²) in [6, 6.07) is 0. The van der Waals surface area contributed by atoms with Crippen LogP contribution in [0.2, 0.25) is 0 Å². The summed E-state index contributed by atoms with van der Waals surface area (Å²) < 4.78 is 11.2. The second-order valence-corrected chi connectivity index (χ2v) is 3.79. The van der Waals surface area contributed by atoms with E-state index in [4.69, 9.17) is 9.47 Å². The summed E-state index contributed by atoms with van der Waals surface area (Å²) >= 11 is 0. The molecule has 0 aromatic carbocycles. The predicted molar refractivity (Wildman–Crippen MR) is 52.2 cm³/mol. The highest BCUT2D eigenvalue weighted by Crippen LogP contribution is 2.37. The molecule has 0 N–H and O–H groups in total. The number of hydrogen-bond donors (Lipinski definition) is 0. The fourth-order valence-electron chi connectivity index (χ4n) is 1.99. The van der Waals surface area contributed by atoms with Crippen molar-refractivity contribution in [1.29, 1.82) is 0 Å². The van der Waals surface area contributed by atoms with Gasteiger partial charge in [0, 0.05) is 12.8 Å². The van der Waals surface area contributed by atoms with E-state index in [0.29, 0.717) is 0 Å². The molecule has 1 aliphatic heterocycles. The summed E-state index contributed by atoms with van der Waals surface area (Å²) in [5.74, 6) is 0.723. The van der Waals surface area contributed by atoms with Crippen LogP contribution in [-0.4, -0.2) is 19.0 Å². The van der Waals surface area contributed by atoms with E-state index in [-0.39, 0.29) is 5.79 Å². The normalized spacial score (nSPS) is 26.7. The van der Waals surface area contributed by atoms with Crippen LogP contribution in [0.15, 0.2) is 0 Å². The first-order valence-electron chi connectivity index (χ1n) is 4.92. The lowest BCUT2D eigenvalue weighted by molar-refractivity contribution is -0.181. The van der Waals surface area contributed by atoms with Crippen LogP contribution in [0.1, 0.15) is 32.6 Å². The van der Waals surface area contributed by atoms with Gasteiger partial charge >= 0.3 is 0 Å². The van der Waals surface area contributed by atoms with Gasteiger partial charge in [0.05, 0.1) is 13.2 Å². The Bertz CT molecular complexity index is 158. The van der Waals surface area contributed by atoms with Crippen LogP contribution in [0.3, 0.4) is 0 Å². The van der Waals surface area contributed by atoms with E-state index in [0.717, 1.165) is 32.0 Å². The molecule has 2 nitrogen and oxygen atoms in total. The molecule has 1 heterocycles. The summed E-state index contributed by atoms with van der Waals surface area (Å²) in [6.45, 7) is 3.91. The van der Waals surface area contributed by atoms with Gasteiger partial charge in [0.1, 0.15) is 0 Å². The Morgan fingerprint density at radius 1 is 1.08 bits per heavy atom. The average molecular weight is 182 g/mol. The monoisotopic (exact) mass is 182 g/mol. The van der Waals surface area contributed by atoms with Crippen LogP contribution in [-0.2, 0) is 9.47 Å². The molecule has 2 fully saturated rings. The van der Waals surface area contributed by atoms with Gasteiger partial charge in [-0.2, -0.15) is 0 Å². The first-order valence-corrected chi connectivity index (χ1v) is 4.92. The van der Waals surface area contributed by atoms with Crippen LogP contribution >= 0.6 is 0 Å². The summed E-state index contributed by atoms with van der Waals surface area (Å²) in [5.41, 5.74) is 0. The maximum atomic E-state index is 5.61. The molecule has 0 aromatic rings. The molecule has 1 aliphatic carbocycles. The fourth-order valence-corrected chi connectivity index (χ4v) is 1.99. The van der Waals surface area contributed by atoms with Gasteiger partial charge in [-0.25, -0.2) is 0 Å². The molecule has 2 aliphatic rings. The van der Waals surface area contributed by atoms with Crippen LogP contribution in [0.25, 0.3) is 0 Å². The Labute approximate surface area is 80.6 Å². The Morgan fingerprint density at radius 2 is 1.54 bits per heavy atom. The van der Waals surface area contributed by atoms with Crippen molar-refractivity contribution in [2.45, 2.75) is 38.4 Å². The highest BCUT2D eigenvalue weighted by Gasteiger charge is 2.39. The van der Waals surface area contributed by atoms with Crippen molar-refractivity contribution in [3.63, 3.8) is 0 Å². The zero-order chi connectivity index (χ0) is 9.73. The lowest BCUT2D eigenvalue weighted by Gasteiger charge is -2.33. The van der Waals surface area contributed by atoms with E-state index in [1.807, 2.05) is 0 Å². The molecule has 0 amide bonds. The maximum absolute atomic E-state index is 5.61. The van der Waals surface area contributed by atoms with E-state index in [2.05, 4.69) is 19.8 Å². The molecular weight excluding hydrogens is 164 g/mol. The molecule has 0 radical (unpaired) electrons. The van der Waals surface area contributed by atoms with Crippen LogP contribution in [0.5, 0.6) is 0 Å². The van der Waals surface area contributed by atoms with Gasteiger partial charge in [-0.15, -0.1) is 12.8 Å². The average Bonchev–Trinajstić information content (AvgIpc) is 2.63. The van der Waals surface area contributed by atoms with Crippen molar-refractivity contribution in [3.8, 4) is 12.8 Å². The molecule has 0 unspecified atom stereocenters. The van der Waals surface area contributed by atoms with Gasteiger partial charge in [0.15, 0.2) is 5.79 Å². The quantitative estimate of drug-likeness (QED) is 0.535. The van der Waals surface area contributed by atoms with E-state index in [1.54, 1.807) is 0 Å². The number of rotatable bonds is 0. The fraction of sp³-hybridized carbons (Fsp3) is 0.818. The van der Waals surface area contributed by atoms with Gasteiger partial charge < -0.3 is 9.47 Å². The number of hydrogen-bond acceptors (Lipinski definition) is 2. The first kappa shape index (κ1) is 10.6. The molecule has 0 atom stereocenters. The van der Waals surface area contributed by atoms with E-state index in [1.165, 1.54) is 12.8 Å². The second kappa shape index (κ2) is 4.64. The van der Waals surface area contributed by atoms with Crippen molar-refractivity contribution >= 4 is 0 Å². The second-order valence-electron chi connectivity index (χ2n) is 3.79. The summed E-state index contributed by atoms with van der Waals surface area (Å²) in [7, 11) is 0. The van der Waals surface area contributed by atoms with Crippen LogP contribution in [0, 0.1) is 18.8 Å². The predicted octanol–water partition coefficient (Wildman–Crippen LogP) is 2.19. The van der Waals surface area contributed by atoms with Crippen molar-refractivity contribution in [3.05, 3.63) is 0 Å². The highest BCUT2D eigenvalue weighted by molar-refractivity contribution is 4.80. The molecule has 1 saturated heterocycles. The van der Waals surface area contributed by atoms with Gasteiger partial charge in [-0.1, -0.05) is 6.92 Å². The lowest BCUT2D eigenvalue weighted by Crippen LogP contribution is -2.34. The molecule has 74 valence electrons. The van der Waals surface area contributed by atoms with Gasteiger partial charge in [-0.05, 0) is 18.8 Å². The zero-order valence-corrected chi connectivity index (χ0v) is 8.29. The van der Waals surface area contributed by atoms with E-state index >= 15 is 0 Å². The molecule has 2 heteroatoms. The third kappa shape index (κ3) is 2.46. The summed E-state index contributed by atoms with van der Waals surface area (Å²) in [5, 5.41) is 0. The largest absolute Gasteiger partial charge is 0.348 e. The third-order valence-corrected chi connectivity index (χ3v) is 2.85. The van der Waals surface area contributed by atoms with E-state index < -0.39 is 0 Å². The Hall–Kier alpha value is -0.520. The zero-order valence-electron chi connectivity index (χ0n) is 8.29. The van der Waals surface area contributed by atoms with Gasteiger partial charge in [0.2, 0.25) is 0 Å². The van der Waals surface area contributed by atoms with Crippen molar-refractivity contribution in [2.75, 3.05) is 13.2 Å². The molecule has 0 aromatic heterocycles. The van der Waals surface area contributed by atoms with Crippen LogP contribution < -0.4 is 0 Å². The first-order chi connectivity index (χ1) is 6.31. The Balaban J connectivity index is 0.000000396. The minimum atomic E-state index is -0.146. The SMILES string of the molecule is C#C.CC1CCC2(CC1)OCCO2. The summed E-state index contributed by atoms with van der Waals surface area (Å²) in [6.07, 6.45) is 12.7. The Morgan fingerprint density at radius 3 is 2.00 bits per heavy atom. The molecule has 1 spiro atoms. The topological polar surface area (TPSA) is 18.5 Å². The number of terminal acetylenes is 1. The third-order valence-electron chi connectivity index (χ3n) is 2.85. The lowest BCUT2D eigenvalue weighted by atomic mass is 9.86. The smallest absolute Gasteiger partial charge is 0.168 e. The molecule has 2 rings (SSSR count). The maximum Gasteiger partial charge on any atom is 0.168 e. The van der Waals surface area contributed by atoms with Crippen LogP contribution in [0.4, 0.5) is 0 Å².